The van der Waals surface area contributed by atoms with Gasteiger partial charge in [0, 0.05) is 39.8 Å². The van der Waals surface area contributed by atoms with Crippen LogP contribution in [0.15, 0.2) is 0 Å². The molecule has 0 bridgehead atoms. The average molecular weight is 232 g/mol. The van der Waals surface area contributed by atoms with E-state index in [1.807, 2.05) is 6.92 Å². The molecular weight excluding hydrogens is 208 g/mol. The van der Waals surface area contributed by atoms with E-state index >= 15 is 0 Å². The van der Waals surface area contributed by atoms with Crippen molar-refractivity contribution in [3.63, 3.8) is 0 Å². The van der Waals surface area contributed by atoms with Gasteiger partial charge in [-0.15, -0.1) is 0 Å². The zero-order chi connectivity index (χ0) is 12.1. The SMILES string of the molecule is CCOCCCNCCC(=O)NCCOC. The quantitative estimate of drug-likeness (QED) is 0.498. The highest BCUT2D eigenvalue weighted by atomic mass is 16.5. The number of hydrogen-bond donors (Lipinski definition) is 2. The summed E-state index contributed by atoms with van der Waals surface area (Å²) in [6.45, 7) is 6.28. The largest absolute Gasteiger partial charge is 0.383 e. The molecule has 16 heavy (non-hydrogen) atoms. The van der Waals surface area contributed by atoms with Gasteiger partial charge in [0.2, 0.25) is 5.91 Å². The Labute approximate surface area is 97.9 Å². The highest BCUT2D eigenvalue weighted by Gasteiger charge is 1.98. The van der Waals surface area contributed by atoms with Crippen LogP contribution in [0.4, 0.5) is 0 Å². The van der Waals surface area contributed by atoms with Gasteiger partial charge in [-0.25, -0.2) is 0 Å². The van der Waals surface area contributed by atoms with Crippen molar-refractivity contribution in [1.29, 1.82) is 0 Å². The first-order valence-corrected chi connectivity index (χ1v) is 5.85. The molecule has 0 atom stereocenters. The summed E-state index contributed by atoms with van der Waals surface area (Å²) in [5, 5.41) is 5.96. The molecule has 96 valence electrons. The van der Waals surface area contributed by atoms with Gasteiger partial charge in [-0.05, 0) is 19.9 Å². The van der Waals surface area contributed by atoms with E-state index in [0.29, 0.717) is 26.1 Å². The van der Waals surface area contributed by atoms with Crippen LogP contribution in [0.3, 0.4) is 0 Å². The van der Waals surface area contributed by atoms with Crippen LogP contribution in [0.25, 0.3) is 0 Å². The van der Waals surface area contributed by atoms with E-state index in [1.54, 1.807) is 7.11 Å². The van der Waals surface area contributed by atoms with E-state index in [0.717, 1.165) is 26.2 Å². The van der Waals surface area contributed by atoms with Gasteiger partial charge in [-0.3, -0.25) is 4.79 Å². The third-order valence-electron chi connectivity index (χ3n) is 2.00. The minimum atomic E-state index is 0.0642. The minimum Gasteiger partial charge on any atom is -0.383 e. The van der Waals surface area contributed by atoms with Crippen LogP contribution in [-0.4, -0.2) is 52.5 Å². The molecule has 0 rings (SSSR count). The molecule has 0 aromatic carbocycles. The Kier molecular flexibility index (Phi) is 11.9. The third-order valence-corrected chi connectivity index (χ3v) is 2.00. The molecule has 0 heterocycles. The van der Waals surface area contributed by atoms with Crippen LogP contribution in [0.1, 0.15) is 19.8 Å². The van der Waals surface area contributed by atoms with Crippen molar-refractivity contribution in [2.24, 2.45) is 0 Å². The smallest absolute Gasteiger partial charge is 0.221 e. The standard InChI is InChI=1S/C11H24N2O3/c1-3-16-9-4-6-12-7-5-11(14)13-8-10-15-2/h12H,3-10H2,1-2H3,(H,13,14). The maximum atomic E-state index is 11.2. The van der Waals surface area contributed by atoms with E-state index < -0.39 is 0 Å². The molecule has 0 aliphatic heterocycles. The Bertz CT molecular complexity index is 165. The molecule has 1 amide bonds. The second-order valence-electron chi connectivity index (χ2n) is 3.39. The lowest BCUT2D eigenvalue weighted by Crippen LogP contribution is -2.30. The summed E-state index contributed by atoms with van der Waals surface area (Å²) >= 11 is 0. The van der Waals surface area contributed by atoms with Gasteiger partial charge in [-0.1, -0.05) is 0 Å². The van der Waals surface area contributed by atoms with Gasteiger partial charge < -0.3 is 20.1 Å². The van der Waals surface area contributed by atoms with Crippen molar-refractivity contribution in [3.05, 3.63) is 0 Å². The van der Waals surface area contributed by atoms with Crippen LogP contribution in [0, 0.1) is 0 Å². The van der Waals surface area contributed by atoms with Crippen molar-refractivity contribution < 1.29 is 14.3 Å². The molecule has 0 aromatic rings. The van der Waals surface area contributed by atoms with E-state index in [-0.39, 0.29) is 5.91 Å². The van der Waals surface area contributed by atoms with Crippen LogP contribution in [0.2, 0.25) is 0 Å². The summed E-state index contributed by atoms with van der Waals surface area (Å²) in [6, 6.07) is 0. The molecule has 0 radical (unpaired) electrons. The number of hydrogen-bond acceptors (Lipinski definition) is 4. The van der Waals surface area contributed by atoms with Crippen molar-refractivity contribution in [3.8, 4) is 0 Å². The van der Waals surface area contributed by atoms with Crippen molar-refractivity contribution >= 4 is 5.91 Å². The van der Waals surface area contributed by atoms with Crippen LogP contribution in [0.5, 0.6) is 0 Å². The molecule has 0 aliphatic carbocycles. The Morgan fingerprint density at radius 1 is 1.19 bits per heavy atom. The number of amides is 1. The number of carbonyl (C=O) groups excluding carboxylic acids is 1. The molecule has 0 fully saturated rings. The molecule has 5 nitrogen and oxygen atoms in total. The average Bonchev–Trinajstić information content (AvgIpc) is 2.28. The lowest BCUT2D eigenvalue weighted by atomic mass is 10.3. The van der Waals surface area contributed by atoms with Crippen molar-refractivity contribution in [2.45, 2.75) is 19.8 Å². The summed E-state index contributed by atoms with van der Waals surface area (Å²) in [7, 11) is 1.62. The molecule has 5 heteroatoms. The fourth-order valence-corrected chi connectivity index (χ4v) is 1.15. The van der Waals surface area contributed by atoms with Gasteiger partial charge in [0.15, 0.2) is 0 Å². The summed E-state index contributed by atoms with van der Waals surface area (Å²) in [4.78, 5) is 11.2. The fraction of sp³-hybridized carbons (Fsp3) is 0.909. The van der Waals surface area contributed by atoms with E-state index in [1.165, 1.54) is 0 Å². The van der Waals surface area contributed by atoms with Crippen LogP contribution in [-0.2, 0) is 14.3 Å². The lowest BCUT2D eigenvalue weighted by molar-refractivity contribution is -0.121. The second-order valence-corrected chi connectivity index (χ2v) is 3.39. The first-order valence-electron chi connectivity index (χ1n) is 5.85. The predicted octanol–water partition coefficient (Wildman–Crippen LogP) is 0.155. The molecular formula is C11H24N2O3. The molecule has 0 saturated carbocycles. The van der Waals surface area contributed by atoms with Crippen LogP contribution < -0.4 is 10.6 Å². The first-order chi connectivity index (χ1) is 7.81. The number of carbonyl (C=O) groups is 1. The number of nitrogens with one attached hydrogen (secondary N) is 2. The molecule has 0 saturated heterocycles. The maximum Gasteiger partial charge on any atom is 0.221 e. The molecule has 2 N–H and O–H groups in total. The second kappa shape index (κ2) is 12.4. The third kappa shape index (κ3) is 11.4. The first kappa shape index (κ1) is 15.3. The van der Waals surface area contributed by atoms with Crippen molar-refractivity contribution in [2.75, 3.05) is 46.6 Å². The van der Waals surface area contributed by atoms with E-state index in [9.17, 15) is 4.79 Å². The molecule has 0 aliphatic rings. The van der Waals surface area contributed by atoms with Gasteiger partial charge >= 0.3 is 0 Å². The lowest BCUT2D eigenvalue weighted by Gasteiger charge is -2.06. The minimum absolute atomic E-state index is 0.0642. The molecule has 0 spiro atoms. The summed E-state index contributed by atoms with van der Waals surface area (Å²) < 4.78 is 10.0. The Hall–Kier alpha value is -0.650. The Morgan fingerprint density at radius 3 is 2.69 bits per heavy atom. The van der Waals surface area contributed by atoms with Gasteiger partial charge in [0.25, 0.3) is 0 Å². The summed E-state index contributed by atoms with van der Waals surface area (Å²) in [5.74, 6) is 0.0642. The summed E-state index contributed by atoms with van der Waals surface area (Å²) in [5.41, 5.74) is 0. The number of rotatable bonds is 11. The number of methoxy groups -OCH3 is 1. The van der Waals surface area contributed by atoms with Gasteiger partial charge in [0.05, 0.1) is 6.61 Å². The summed E-state index contributed by atoms with van der Waals surface area (Å²) in [6.07, 6.45) is 1.50. The molecule has 0 unspecified atom stereocenters. The Morgan fingerprint density at radius 2 is 2.00 bits per heavy atom. The maximum absolute atomic E-state index is 11.2. The normalized spacial score (nSPS) is 10.4. The highest BCUT2D eigenvalue weighted by Crippen LogP contribution is 1.82. The highest BCUT2D eigenvalue weighted by molar-refractivity contribution is 5.75. The Balaban J connectivity index is 3.09. The zero-order valence-electron chi connectivity index (χ0n) is 10.4. The fourth-order valence-electron chi connectivity index (χ4n) is 1.15. The molecule has 0 aromatic heterocycles. The number of ether oxygens (including phenoxy) is 2. The van der Waals surface area contributed by atoms with Gasteiger partial charge in [-0.2, -0.15) is 0 Å². The van der Waals surface area contributed by atoms with Gasteiger partial charge in [0.1, 0.15) is 0 Å². The predicted molar refractivity (Wildman–Crippen MR) is 63.5 cm³/mol. The van der Waals surface area contributed by atoms with Crippen LogP contribution >= 0.6 is 0 Å². The van der Waals surface area contributed by atoms with E-state index in [4.69, 9.17) is 9.47 Å². The van der Waals surface area contributed by atoms with E-state index in [2.05, 4.69) is 10.6 Å². The monoisotopic (exact) mass is 232 g/mol. The topological polar surface area (TPSA) is 59.6 Å². The van der Waals surface area contributed by atoms with Crippen molar-refractivity contribution in [1.82, 2.24) is 10.6 Å². The zero-order valence-corrected chi connectivity index (χ0v) is 10.4.